The number of nitrogens with one attached hydrogen (secondary N) is 1. The molecule has 0 spiro atoms. The number of hydrogen-bond donors (Lipinski definition) is 1. The quantitative estimate of drug-likeness (QED) is 0.375. The van der Waals surface area contributed by atoms with Crippen molar-refractivity contribution in [1.29, 1.82) is 0 Å². The van der Waals surface area contributed by atoms with Crippen LogP contribution in [0.4, 0.5) is 18.9 Å². The molecule has 0 atom stereocenters. The lowest BCUT2D eigenvalue weighted by Crippen LogP contribution is -2.35. The molecule has 10 heteroatoms. The molecular formula is C22H19ClF3N3OS2. The van der Waals surface area contributed by atoms with E-state index in [9.17, 15) is 18.0 Å². The van der Waals surface area contributed by atoms with E-state index in [0.29, 0.717) is 21.8 Å². The maximum atomic E-state index is 12.6. The van der Waals surface area contributed by atoms with Gasteiger partial charge in [0.15, 0.2) is 0 Å². The van der Waals surface area contributed by atoms with Gasteiger partial charge in [0, 0.05) is 40.8 Å². The summed E-state index contributed by atoms with van der Waals surface area (Å²) in [5.41, 5.74) is -1.32. The number of likely N-dealkylation sites (tertiary alicyclic amines) is 1. The van der Waals surface area contributed by atoms with E-state index in [1.54, 1.807) is 6.07 Å². The lowest BCUT2D eigenvalue weighted by atomic mass is 10.1. The second-order valence-electron chi connectivity index (χ2n) is 7.31. The van der Waals surface area contributed by atoms with Gasteiger partial charge in [-0.1, -0.05) is 23.7 Å². The normalized spacial score (nSPS) is 14.4. The molecule has 4 rings (SSSR count). The Bertz CT molecular complexity index is 1100. The number of halogens is 4. The molecule has 3 aromatic rings. The molecule has 0 radical (unpaired) electrons. The number of benzene rings is 2. The van der Waals surface area contributed by atoms with Crippen LogP contribution in [-0.4, -0.2) is 34.4 Å². The van der Waals surface area contributed by atoms with E-state index in [0.717, 1.165) is 36.5 Å². The summed E-state index contributed by atoms with van der Waals surface area (Å²) < 4.78 is 39.3. The van der Waals surface area contributed by atoms with Crippen molar-refractivity contribution in [2.24, 2.45) is 0 Å². The molecule has 1 fully saturated rings. The van der Waals surface area contributed by atoms with Crippen LogP contribution in [0.1, 0.15) is 29.6 Å². The van der Waals surface area contributed by atoms with Gasteiger partial charge in [-0.3, -0.25) is 4.79 Å². The molecule has 4 nitrogen and oxygen atoms in total. The number of nitrogens with zero attached hydrogens (tertiary/aromatic N) is 2. The smallest absolute Gasteiger partial charge is 0.339 e. The number of hydrogen-bond acceptors (Lipinski definition) is 5. The lowest BCUT2D eigenvalue weighted by molar-refractivity contribution is -0.0323. The average molecular weight is 498 g/mol. The van der Waals surface area contributed by atoms with Crippen molar-refractivity contribution in [1.82, 2.24) is 9.88 Å². The summed E-state index contributed by atoms with van der Waals surface area (Å²) in [5.74, 6) is 0.0558. The summed E-state index contributed by atoms with van der Waals surface area (Å²) in [4.78, 5) is 19.2. The molecule has 32 heavy (non-hydrogen) atoms. The number of rotatable bonds is 5. The van der Waals surface area contributed by atoms with Crippen molar-refractivity contribution in [3.8, 4) is 21.8 Å². The number of carbonyl (C=O) groups excluding carboxylic acids is 1. The third kappa shape index (κ3) is 5.57. The van der Waals surface area contributed by atoms with Gasteiger partial charge in [0.05, 0.1) is 22.7 Å². The van der Waals surface area contributed by atoms with E-state index >= 15 is 0 Å². The number of carbonyl (C=O) groups is 1. The van der Waals surface area contributed by atoms with Gasteiger partial charge in [-0.25, -0.2) is 4.98 Å². The fraction of sp³-hybridized carbons (Fsp3) is 0.273. The van der Waals surface area contributed by atoms with Gasteiger partial charge in [-0.2, -0.15) is 13.2 Å². The third-order valence-electron chi connectivity index (χ3n) is 5.06. The number of piperidine rings is 1. The second-order valence-corrected chi connectivity index (χ2v) is 9.45. The number of anilines is 1. The Morgan fingerprint density at radius 3 is 2.47 bits per heavy atom. The third-order valence-corrected chi connectivity index (χ3v) is 6.83. The first-order chi connectivity index (χ1) is 15.3. The molecular weight excluding hydrogens is 479 g/mol. The number of alkyl halides is 3. The van der Waals surface area contributed by atoms with Crippen LogP contribution in [-0.2, 0) is 0 Å². The van der Waals surface area contributed by atoms with Gasteiger partial charge >= 0.3 is 5.51 Å². The summed E-state index contributed by atoms with van der Waals surface area (Å²) >= 11 is 7.38. The van der Waals surface area contributed by atoms with Crippen molar-refractivity contribution >= 4 is 46.5 Å². The fourth-order valence-corrected chi connectivity index (χ4v) is 4.93. The first-order valence-electron chi connectivity index (χ1n) is 9.96. The van der Waals surface area contributed by atoms with Crippen molar-refractivity contribution in [2.75, 3.05) is 17.8 Å². The van der Waals surface area contributed by atoms with Crippen molar-refractivity contribution in [2.45, 2.75) is 24.8 Å². The molecule has 1 aromatic heterocycles. The lowest BCUT2D eigenvalue weighted by Gasteiger charge is -2.26. The minimum absolute atomic E-state index is 0.0558. The Hall–Kier alpha value is -2.23. The van der Waals surface area contributed by atoms with Gasteiger partial charge < -0.3 is 9.62 Å². The molecule has 0 aliphatic carbocycles. The van der Waals surface area contributed by atoms with E-state index in [-0.39, 0.29) is 23.5 Å². The largest absolute Gasteiger partial charge is 0.461 e. The minimum atomic E-state index is -4.39. The Labute approximate surface area is 196 Å². The zero-order valence-corrected chi connectivity index (χ0v) is 19.2. The zero-order chi connectivity index (χ0) is 22.7. The van der Waals surface area contributed by atoms with Gasteiger partial charge in [0.25, 0.3) is 5.91 Å². The standard InChI is InChI=1S/C22H19ClF3N3OS2/c23-18-12-16(28-32-22(24,25)26)8-9-17(18)19-13-31-20(27-19)14-4-6-15(7-5-14)21(30)29-10-2-1-3-11-29/h4-9,12-13,28H,1-3,10-11H2. The van der Waals surface area contributed by atoms with E-state index in [1.807, 2.05) is 34.5 Å². The molecule has 0 unspecified atom stereocenters. The molecule has 2 aromatic carbocycles. The highest BCUT2D eigenvalue weighted by Gasteiger charge is 2.29. The topological polar surface area (TPSA) is 45.2 Å². The van der Waals surface area contributed by atoms with E-state index in [2.05, 4.69) is 9.71 Å². The minimum Gasteiger partial charge on any atom is -0.339 e. The first-order valence-corrected chi connectivity index (χ1v) is 12.0. The predicted molar refractivity (Wildman–Crippen MR) is 125 cm³/mol. The zero-order valence-electron chi connectivity index (χ0n) is 16.8. The SMILES string of the molecule is O=C(c1ccc(-c2nc(-c3ccc(NSC(F)(F)F)cc3Cl)cs2)cc1)N1CCCCC1. The fourth-order valence-electron chi connectivity index (χ4n) is 3.47. The summed E-state index contributed by atoms with van der Waals surface area (Å²) in [6.07, 6.45) is 3.27. The molecule has 0 bridgehead atoms. The summed E-state index contributed by atoms with van der Waals surface area (Å²) in [6.45, 7) is 1.61. The van der Waals surface area contributed by atoms with Crippen molar-refractivity contribution in [3.05, 3.63) is 58.4 Å². The van der Waals surface area contributed by atoms with Gasteiger partial charge in [-0.15, -0.1) is 11.3 Å². The van der Waals surface area contributed by atoms with Crippen molar-refractivity contribution < 1.29 is 18.0 Å². The van der Waals surface area contributed by atoms with Crippen LogP contribution in [0.5, 0.6) is 0 Å². The average Bonchev–Trinajstić information content (AvgIpc) is 3.27. The Morgan fingerprint density at radius 1 is 1.09 bits per heavy atom. The molecule has 168 valence electrons. The Morgan fingerprint density at radius 2 is 1.81 bits per heavy atom. The van der Waals surface area contributed by atoms with Gasteiger partial charge in [0.2, 0.25) is 0 Å². The van der Waals surface area contributed by atoms with E-state index < -0.39 is 5.51 Å². The number of thiazole rings is 1. The molecule has 1 aliphatic heterocycles. The highest BCUT2D eigenvalue weighted by molar-refractivity contribution is 8.01. The molecule has 1 aliphatic rings. The monoisotopic (exact) mass is 497 g/mol. The van der Waals surface area contributed by atoms with Gasteiger partial charge in [0.1, 0.15) is 5.01 Å². The van der Waals surface area contributed by atoms with Crippen LogP contribution in [0.3, 0.4) is 0 Å². The van der Waals surface area contributed by atoms with Gasteiger partial charge in [-0.05, 0) is 49.6 Å². The summed E-state index contributed by atoms with van der Waals surface area (Å²) in [7, 11) is 0. The highest BCUT2D eigenvalue weighted by atomic mass is 35.5. The molecule has 0 saturated carbocycles. The highest BCUT2D eigenvalue weighted by Crippen LogP contribution is 2.36. The maximum Gasteiger partial charge on any atom is 0.461 e. The molecule has 1 amide bonds. The van der Waals surface area contributed by atoms with Crippen LogP contribution < -0.4 is 4.72 Å². The van der Waals surface area contributed by atoms with Crippen LogP contribution in [0.2, 0.25) is 5.02 Å². The van der Waals surface area contributed by atoms with Crippen LogP contribution in [0.15, 0.2) is 47.8 Å². The number of aromatic nitrogens is 1. The summed E-state index contributed by atoms with van der Waals surface area (Å²) in [6, 6.07) is 12.0. The molecule has 1 saturated heterocycles. The summed E-state index contributed by atoms with van der Waals surface area (Å²) in [5, 5.41) is 2.92. The maximum absolute atomic E-state index is 12.6. The van der Waals surface area contributed by atoms with E-state index in [4.69, 9.17) is 11.6 Å². The number of amides is 1. The van der Waals surface area contributed by atoms with E-state index in [1.165, 1.54) is 29.9 Å². The van der Waals surface area contributed by atoms with Crippen LogP contribution in [0, 0.1) is 0 Å². The first kappa shape index (κ1) is 22.9. The Kier molecular flexibility index (Phi) is 6.97. The van der Waals surface area contributed by atoms with Crippen LogP contribution in [0.25, 0.3) is 21.8 Å². The van der Waals surface area contributed by atoms with Crippen molar-refractivity contribution in [3.63, 3.8) is 0 Å². The predicted octanol–water partition coefficient (Wildman–Crippen LogP) is 7.34. The second kappa shape index (κ2) is 9.72. The molecule has 2 heterocycles. The Balaban J connectivity index is 1.47. The van der Waals surface area contributed by atoms with Crippen LogP contribution >= 0.6 is 34.9 Å². The molecule has 1 N–H and O–H groups in total.